The second-order valence-electron chi connectivity index (χ2n) is 5.59. The molecule has 0 saturated carbocycles. The Kier molecular flexibility index (Phi) is 6.02. The van der Waals surface area contributed by atoms with Crippen LogP contribution in [0.25, 0.3) is 11.4 Å². The first-order chi connectivity index (χ1) is 13.1. The standard InChI is InChI=1S/C18H18BrN5O3/c1-26-15-8-7-12(9-16(15)27-2)10-20-17(25)11-24-22-18(21-23-24)13-5-3-4-6-14(13)19/h3-9H,10-11H2,1-2H3,(H,20,25). The Morgan fingerprint density at radius 3 is 2.67 bits per heavy atom. The van der Waals surface area contributed by atoms with Gasteiger partial charge in [-0.25, -0.2) is 0 Å². The van der Waals surface area contributed by atoms with Crippen LogP contribution in [0.3, 0.4) is 0 Å². The van der Waals surface area contributed by atoms with Gasteiger partial charge in [-0.05, 0) is 35.0 Å². The molecule has 1 amide bonds. The van der Waals surface area contributed by atoms with Gasteiger partial charge in [0.25, 0.3) is 0 Å². The Hall–Kier alpha value is -2.94. The molecule has 0 saturated heterocycles. The third-order valence-corrected chi connectivity index (χ3v) is 4.48. The first kappa shape index (κ1) is 18.8. The summed E-state index contributed by atoms with van der Waals surface area (Å²) >= 11 is 3.45. The molecular weight excluding hydrogens is 414 g/mol. The van der Waals surface area contributed by atoms with E-state index in [0.717, 1.165) is 15.6 Å². The van der Waals surface area contributed by atoms with Gasteiger partial charge in [0, 0.05) is 16.6 Å². The fourth-order valence-corrected chi connectivity index (χ4v) is 2.90. The Morgan fingerprint density at radius 1 is 1.15 bits per heavy atom. The molecule has 2 aromatic carbocycles. The number of carbonyl (C=O) groups excluding carboxylic acids is 1. The number of hydrogen-bond acceptors (Lipinski definition) is 6. The Morgan fingerprint density at radius 2 is 1.93 bits per heavy atom. The summed E-state index contributed by atoms with van der Waals surface area (Å²) in [6, 6.07) is 13.0. The molecule has 0 spiro atoms. The third kappa shape index (κ3) is 4.62. The van der Waals surface area contributed by atoms with Crippen LogP contribution in [-0.4, -0.2) is 40.3 Å². The minimum Gasteiger partial charge on any atom is -0.493 e. The zero-order valence-electron chi connectivity index (χ0n) is 14.8. The van der Waals surface area contributed by atoms with Gasteiger partial charge in [0.1, 0.15) is 6.54 Å². The van der Waals surface area contributed by atoms with E-state index in [1.54, 1.807) is 20.3 Å². The van der Waals surface area contributed by atoms with Crippen molar-refractivity contribution in [2.24, 2.45) is 0 Å². The summed E-state index contributed by atoms with van der Waals surface area (Å²) in [5, 5.41) is 15.0. The molecule has 0 aliphatic carbocycles. The van der Waals surface area contributed by atoms with Crippen molar-refractivity contribution in [2.75, 3.05) is 14.2 Å². The van der Waals surface area contributed by atoms with E-state index in [4.69, 9.17) is 9.47 Å². The molecule has 1 heterocycles. The van der Waals surface area contributed by atoms with E-state index in [1.807, 2.05) is 36.4 Å². The Labute approximate surface area is 164 Å². The largest absolute Gasteiger partial charge is 0.493 e. The lowest BCUT2D eigenvalue weighted by atomic mass is 10.2. The highest BCUT2D eigenvalue weighted by molar-refractivity contribution is 9.10. The van der Waals surface area contributed by atoms with Gasteiger partial charge >= 0.3 is 0 Å². The Balaban J connectivity index is 1.60. The second kappa shape index (κ2) is 8.63. The van der Waals surface area contributed by atoms with Gasteiger partial charge in [-0.3, -0.25) is 4.79 Å². The molecule has 0 fully saturated rings. The molecule has 0 radical (unpaired) electrons. The van der Waals surface area contributed by atoms with E-state index >= 15 is 0 Å². The molecule has 3 aromatic rings. The lowest BCUT2D eigenvalue weighted by molar-refractivity contribution is -0.122. The smallest absolute Gasteiger partial charge is 0.243 e. The first-order valence-electron chi connectivity index (χ1n) is 8.11. The Bertz CT molecular complexity index is 944. The number of nitrogens with zero attached hydrogens (tertiary/aromatic N) is 4. The number of benzene rings is 2. The van der Waals surface area contributed by atoms with Crippen LogP contribution in [0.15, 0.2) is 46.9 Å². The molecule has 140 valence electrons. The predicted molar refractivity (Wildman–Crippen MR) is 102 cm³/mol. The monoisotopic (exact) mass is 431 g/mol. The average Bonchev–Trinajstić information content (AvgIpc) is 3.14. The number of halogens is 1. The van der Waals surface area contributed by atoms with Crippen molar-refractivity contribution in [3.05, 3.63) is 52.5 Å². The van der Waals surface area contributed by atoms with Gasteiger partial charge < -0.3 is 14.8 Å². The van der Waals surface area contributed by atoms with Crippen molar-refractivity contribution in [1.82, 2.24) is 25.5 Å². The van der Waals surface area contributed by atoms with Gasteiger partial charge in [-0.1, -0.05) is 34.1 Å². The van der Waals surface area contributed by atoms with E-state index in [1.165, 1.54) is 4.80 Å². The second-order valence-corrected chi connectivity index (χ2v) is 6.44. The van der Waals surface area contributed by atoms with Crippen LogP contribution in [0.4, 0.5) is 0 Å². The van der Waals surface area contributed by atoms with E-state index < -0.39 is 0 Å². The van der Waals surface area contributed by atoms with Crippen molar-refractivity contribution < 1.29 is 14.3 Å². The number of rotatable bonds is 7. The summed E-state index contributed by atoms with van der Waals surface area (Å²) < 4.78 is 11.3. The molecule has 3 rings (SSSR count). The van der Waals surface area contributed by atoms with Crippen molar-refractivity contribution in [3.8, 4) is 22.9 Å². The quantitative estimate of drug-likeness (QED) is 0.617. The topological polar surface area (TPSA) is 91.2 Å². The summed E-state index contributed by atoms with van der Waals surface area (Å²) in [7, 11) is 3.14. The van der Waals surface area contributed by atoms with Crippen molar-refractivity contribution in [2.45, 2.75) is 13.1 Å². The summed E-state index contributed by atoms with van der Waals surface area (Å²) in [5.74, 6) is 1.48. The highest BCUT2D eigenvalue weighted by atomic mass is 79.9. The maximum Gasteiger partial charge on any atom is 0.243 e. The van der Waals surface area contributed by atoms with Gasteiger partial charge in [-0.2, -0.15) is 4.80 Å². The van der Waals surface area contributed by atoms with E-state index in [9.17, 15) is 4.79 Å². The zero-order valence-corrected chi connectivity index (χ0v) is 16.4. The fraction of sp³-hybridized carbons (Fsp3) is 0.222. The van der Waals surface area contributed by atoms with E-state index in [0.29, 0.717) is 23.9 Å². The van der Waals surface area contributed by atoms with Crippen LogP contribution in [-0.2, 0) is 17.9 Å². The van der Waals surface area contributed by atoms with Gasteiger partial charge in [-0.15, -0.1) is 10.2 Å². The number of ether oxygens (including phenoxy) is 2. The summed E-state index contributed by atoms with van der Waals surface area (Å²) in [5.41, 5.74) is 1.70. The molecule has 0 unspecified atom stereocenters. The van der Waals surface area contributed by atoms with E-state index in [-0.39, 0.29) is 12.5 Å². The van der Waals surface area contributed by atoms with Crippen LogP contribution in [0.5, 0.6) is 11.5 Å². The molecule has 0 aliphatic rings. The van der Waals surface area contributed by atoms with Crippen molar-refractivity contribution in [3.63, 3.8) is 0 Å². The average molecular weight is 432 g/mol. The van der Waals surface area contributed by atoms with Gasteiger partial charge in [0.05, 0.1) is 14.2 Å². The highest BCUT2D eigenvalue weighted by Crippen LogP contribution is 2.27. The SMILES string of the molecule is COc1ccc(CNC(=O)Cn2nnc(-c3ccccc3Br)n2)cc1OC. The number of tetrazole rings is 1. The normalized spacial score (nSPS) is 10.5. The summed E-state index contributed by atoms with van der Waals surface area (Å²) in [6.07, 6.45) is 0. The molecule has 8 nitrogen and oxygen atoms in total. The number of hydrogen-bond donors (Lipinski definition) is 1. The fourth-order valence-electron chi connectivity index (χ4n) is 2.44. The number of amides is 1. The van der Waals surface area contributed by atoms with Crippen molar-refractivity contribution in [1.29, 1.82) is 0 Å². The molecule has 1 N–H and O–H groups in total. The number of carbonyl (C=O) groups is 1. The lowest BCUT2D eigenvalue weighted by Gasteiger charge is -2.10. The molecule has 0 aliphatic heterocycles. The lowest BCUT2D eigenvalue weighted by Crippen LogP contribution is -2.28. The predicted octanol–water partition coefficient (Wildman–Crippen LogP) is 2.44. The molecule has 0 atom stereocenters. The number of aromatic nitrogens is 4. The van der Waals surface area contributed by atoms with Crippen LogP contribution < -0.4 is 14.8 Å². The first-order valence-corrected chi connectivity index (χ1v) is 8.90. The van der Waals surface area contributed by atoms with Crippen LogP contribution in [0.2, 0.25) is 0 Å². The van der Waals surface area contributed by atoms with Crippen LogP contribution in [0.1, 0.15) is 5.56 Å². The molecular formula is C18H18BrN5O3. The number of nitrogens with one attached hydrogen (secondary N) is 1. The van der Waals surface area contributed by atoms with Crippen LogP contribution in [0, 0.1) is 0 Å². The zero-order chi connectivity index (χ0) is 19.2. The maximum atomic E-state index is 12.2. The highest BCUT2D eigenvalue weighted by Gasteiger charge is 2.12. The van der Waals surface area contributed by atoms with Crippen LogP contribution >= 0.6 is 15.9 Å². The van der Waals surface area contributed by atoms with Gasteiger partial charge in [0.2, 0.25) is 11.7 Å². The summed E-state index contributed by atoms with van der Waals surface area (Å²) in [6.45, 7) is 0.329. The van der Waals surface area contributed by atoms with Gasteiger partial charge in [0.15, 0.2) is 11.5 Å². The molecule has 27 heavy (non-hydrogen) atoms. The number of methoxy groups -OCH3 is 2. The molecule has 0 bridgehead atoms. The minimum absolute atomic E-state index is 0.0231. The third-order valence-electron chi connectivity index (χ3n) is 3.79. The molecule has 1 aromatic heterocycles. The van der Waals surface area contributed by atoms with E-state index in [2.05, 4.69) is 36.7 Å². The van der Waals surface area contributed by atoms with Crippen molar-refractivity contribution >= 4 is 21.8 Å². The molecule has 9 heteroatoms. The minimum atomic E-state index is -0.221. The maximum absolute atomic E-state index is 12.2. The summed E-state index contributed by atoms with van der Waals surface area (Å²) in [4.78, 5) is 13.4.